The van der Waals surface area contributed by atoms with Gasteiger partial charge in [0.1, 0.15) is 0 Å². The molecule has 0 aliphatic heterocycles. The van der Waals surface area contributed by atoms with Gasteiger partial charge in [0.05, 0.1) is 18.0 Å². The molecule has 156 valence electrons. The van der Waals surface area contributed by atoms with Crippen LogP contribution in [0.3, 0.4) is 0 Å². The molecule has 1 heterocycles. The van der Waals surface area contributed by atoms with Crippen molar-refractivity contribution >= 4 is 21.6 Å². The van der Waals surface area contributed by atoms with Gasteiger partial charge in [-0.05, 0) is 43.7 Å². The van der Waals surface area contributed by atoms with Gasteiger partial charge in [-0.2, -0.15) is 5.10 Å². The van der Waals surface area contributed by atoms with Crippen LogP contribution in [0, 0.1) is 6.92 Å². The molecular weight excluding hydrogens is 404 g/mol. The number of sulfonamides is 1. The van der Waals surface area contributed by atoms with Gasteiger partial charge in [0.15, 0.2) is 5.69 Å². The molecule has 1 atom stereocenters. The van der Waals surface area contributed by atoms with Crippen molar-refractivity contribution in [3.8, 4) is 5.69 Å². The van der Waals surface area contributed by atoms with Crippen molar-refractivity contribution in [1.82, 2.24) is 15.1 Å². The highest BCUT2D eigenvalue weighted by atomic mass is 32.2. The molecule has 0 bridgehead atoms. The van der Waals surface area contributed by atoms with Gasteiger partial charge in [0.2, 0.25) is 15.5 Å². The normalized spacial score (nSPS) is 12.2. The van der Waals surface area contributed by atoms with E-state index >= 15 is 0 Å². The van der Waals surface area contributed by atoms with Crippen molar-refractivity contribution in [2.45, 2.75) is 19.9 Å². The Balaban J connectivity index is 1.86. The Bertz CT molecular complexity index is 1240. The molecule has 1 aromatic heterocycles. The molecular formula is C21H22N4O4S. The predicted molar refractivity (Wildman–Crippen MR) is 115 cm³/mol. The molecule has 2 aromatic carbocycles. The van der Waals surface area contributed by atoms with Crippen LogP contribution < -0.4 is 15.5 Å². The van der Waals surface area contributed by atoms with E-state index in [1.807, 2.05) is 30.3 Å². The molecule has 0 saturated carbocycles. The third kappa shape index (κ3) is 5.12. The van der Waals surface area contributed by atoms with Crippen molar-refractivity contribution in [2.75, 3.05) is 11.0 Å². The molecule has 3 rings (SSSR count). The minimum atomic E-state index is -3.42. The number of rotatable bonds is 6. The summed E-state index contributed by atoms with van der Waals surface area (Å²) in [5.74, 6) is -0.612. The number of anilines is 1. The maximum absolute atomic E-state index is 12.8. The Kier molecular flexibility index (Phi) is 6.02. The van der Waals surface area contributed by atoms with E-state index in [1.165, 1.54) is 10.7 Å². The maximum atomic E-state index is 12.8. The number of carbonyl (C=O) groups is 1. The van der Waals surface area contributed by atoms with Crippen molar-refractivity contribution in [3.63, 3.8) is 0 Å². The number of aromatic nitrogens is 2. The second-order valence-electron chi connectivity index (χ2n) is 6.94. The lowest BCUT2D eigenvalue weighted by molar-refractivity contribution is 0.0932. The number of hydrogen-bond donors (Lipinski definition) is 2. The van der Waals surface area contributed by atoms with E-state index in [9.17, 15) is 18.0 Å². The molecule has 9 heteroatoms. The van der Waals surface area contributed by atoms with Crippen LogP contribution in [0.1, 0.15) is 34.7 Å². The monoisotopic (exact) mass is 426 g/mol. The first-order valence-electron chi connectivity index (χ1n) is 9.19. The van der Waals surface area contributed by atoms with E-state index in [1.54, 1.807) is 38.1 Å². The van der Waals surface area contributed by atoms with E-state index in [-0.39, 0.29) is 5.69 Å². The molecule has 0 aliphatic carbocycles. The molecule has 3 aromatic rings. The quantitative estimate of drug-likeness (QED) is 0.629. The van der Waals surface area contributed by atoms with Gasteiger partial charge >= 0.3 is 0 Å². The number of benzene rings is 2. The Labute approximate surface area is 174 Å². The topological polar surface area (TPSA) is 110 Å². The average Bonchev–Trinajstić information content (AvgIpc) is 2.67. The molecule has 1 unspecified atom stereocenters. The van der Waals surface area contributed by atoms with Crippen molar-refractivity contribution in [2.24, 2.45) is 0 Å². The van der Waals surface area contributed by atoms with E-state index in [0.29, 0.717) is 16.9 Å². The predicted octanol–water partition coefficient (Wildman–Crippen LogP) is 2.40. The lowest BCUT2D eigenvalue weighted by atomic mass is 10.1. The van der Waals surface area contributed by atoms with Crippen LogP contribution in [0.4, 0.5) is 5.69 Å². The zero-order valence-electron chi connectivity index (χ0n) is 16.8. The number of para-hydroxylation sites is 1. The van der Waals surface area contributed by atoms with Gasteiger partial charge in [0, 0.05) is 17.4 Å². The zero-order valence-corrected chi connectivity index (χ0v) is 17.6. The maximum Gasteiger partial charge on any atom is 0.276 e. The van der Waals surface area contributed by atoms with Crippen LogP contribution >= 0.6 is 0 Å². The summed E-state index contributed by atoms with van der Waals surface area (Å²) in [6, 6.07) is 16.8. The molecule has 30 heavy (non-hydrogen) atoms. The van der Waals surface area contributed by atoms with Gasteiger partial charge in [-0.3, -0.25) is 14.3 Å². The summed E-state index contributed by atoms with van der Waals surface area (Å²) in [6.07, 6.45) is 1.06. The average molecular weight is 426 g/mol. The van der Waals surface area contributed by atoms with Crippen LogP contribution in [-0.4, -0.2) is 30.4 Å². The Morgan fingerprint density at radius 1 is 1.07 bits per heavy atom. The second kappa shape index (κ2) is 8.50. The molecule has 0 saturated heterocycles. The first-order chi connectivity index (χ1) is 14.1. The summed E-state index contributed by atoms with van der Waals surface area (Å²) in [6.45, 7) is 3.48. The molecule has 0 radical (unpaired) electrons. The number of nitrogens with zero attached hydrogens (tertiary/aromatic N) is 2. The van der Waals surface area contributed by atoms with Gasteiger partial charge in [0.25, 0.3) is 5.91 Å². The summed E-state index contributed by atoms with van der Waals surface area (Å²) in [4.78, 5) is 25.1. The van der Waals surface area contributed by atoms with Crippen LogP contribution in [0.15, 0.2) is 65.5 Å². The second-order valence-corrected chi connectivity index (χ2v) is 8.69. The van der Waals surface area contributed by atoms with Gasteiger partial charge < -0.3 is 5.32 Å². The van der Waals surface area contributed by atoms with Crippen molar-refractivity contribution in [1.29, 1.82) is 0 Å². The fourth-order valence-corrected chi connectivity index (χ4v) is 3.52. The Morgan fingerprint density at radius 3 is 2.43 bits per heavy atom. The van der Waals surface area contributed by atoms with E-state index in [0.717, 1.165) is 11.9 Å². The zero-order chi connectivity index (χ0) is 21.9. The fraction of sp³-hybridized carbons (Fsp3) is 0.190. The number of carbonyl (C=O) groups excluding carboxylic acids is 1. The summed E-state index contributed by atoms with van der Waals surface area (Å²) in [5.41, 5.74) is 1.70. The highest BCUT2D eigenvalue weighted by molar-refractivity contribution is 7.92. The lowest BCUT2D eigenvalue weighted by Gasteiger charge is -2.16. The van der Waals surface area contributed by atoms with Crippen LogP contribution in [-0.2, 0) is 10.0 Å². The summed E-state index contributed by atoms with van der Waals surface area (Å²) in [5, 5.41) is 7.00. The van der Waals surface area contributed by atoms with E-state index in [4.69, 9.17) is 0 Å². The summed E-state index contributed by atoms with van der Waals surface area (Å²) in [7, 11) is -3.42. The molecule has 2 N–H and O–H groups in total. The molecule has 8 nitrogen and oxygen atoms in total. The highest BCUT2D eigenvalue weighted by Gasteiger charge is 2.18. The smallest absolute Gasteiger partial charge is 0.276 e. The molecule has 0 spiro atoms. The Morgan fingerprint density at radius 2 is 1.77 bits per heavy atom. The first kappa shape index (κ1) is 21.3. The number of hydrogen-bond acceptors (Lipinski definition) is 5. The molecule has 0 fully saturated rings. The van der Waals surface area contributed by atoms with Crippen molar-refractivity contribution in [3.05, 3.63) is 87.8 Å². The van der Waals surface area contributed by atoms with Crippen LogP contribution in [0.25, 0.3) is 5.69 Å². The largest absolute Gasteiger partial charge is 0.344 e. The fourth-order valence-electron chi connectivity index (χ4n) is 2.97. The van der Waals surface area contributed by atoms with E-state index < -0.39 is 27.4 Å². The SMILES string of the molecule is Cc1cc(=O)c(C(=O)NC(C)c2cccc(NS(C)(=O)=O)c2)nn1-c1ccccc1. The van der Waals surface area contributed by atoms with Crippen molar-refractivity contribution < 1.29 is 13.2 Å². The van der Waals surface area contributed by atoms with Crippen LogP contribution in [0.2, 0.25) is 0 Å². The number of amides is 1. The standard InChI is InChI=1S/C21H22N4O4S/c1-14-12-19(26)20(23-25(14)18-10-5-4-6-11-18)21(27)22-15(2)16-8-7-9-17(13-16)24-30(3,28)29/h4-13,15,24H,1-3H3,(H,22,27). The minimum absolute atomic E-state index is 0.221. The minimum Gasteiger partial charge on any atom is -0.344 e. The van der Waals surface area contributed by atoms with Crippen LogP contribution in [0.5, 0.6) is 0 Å². The summed E-state index contributed by atoms with van der Waals surface area (Å²) < 4.78 is 26.8. The van der Waals surface area contributed by atoms with Gasteiger partial charge in [-0.25, -0.2) is 13.1 Å². The van der Waals surface area contributed by atoms with Gasteiger partial charge in [-0.1, -0.05) is 30.3 Å². The molecule has 1 amide bonds. The lowest BCUT2D eigenvalue weighted by Crippen LogP contribution is -2.33. The number of aryl methyl sites for hydroxylation is 1. The molecule has 0 aliphatic rings. The first-order valence-corrected chi connectivity index (χ1v) is 11.1. The van der Waals surface area contributed by atoms with Gasteiger partial charge in [-0.15, -0.1) is 0 Å². The summed E-state index contributed by atoms with van der Waals surface area (Å²) >= 11 is 0. The number of nitrogens with one attached hydrogen (secondary N) is 2. The highest BCUT2D eigenvalue weighted by Crippen LogP contribution is 2.18. The third-order valence-electron chi connectivity index (χ3n) is 4.36. The van der Waals surface area contributed by atoms with E-state index in [2.05, 4.69) is 15.1 Å². The third-order valence-corrected chi connectivity index (χ3v) is 4.97. The Hall–Kier alpha value is -3.46.